The minimum absolute atomic E-state index is 0.467. The van der Waals surface area contributed by atoms with Crippen LogP contribution < -0.4 is 4.90 Å². The molecule has 1 aromatic carbocycles. The fourth-order valence-corrected chi connectivity index (χ4v) is 2.43. The van der Waals surface area contributed by atoms with Gasteiger partial charge in [-0.05, 0) is 31.0 Å². The summed E-state index contributed by atoms with van der Waals surface area (Å²) in [5.41, 5.74) is 1.98. The van der Waals surface area contributed by atoms with Gasteiger partial charge in [-0.1, -0.05) is 34.8 Å². The number of hydrogen-bond donors (Lipinski definition) is 1. The summed E-state index contributed by atoms with van der Waals surface area (Å²) in [6, 6.07) is 5.94. The molecule has 0 saturated carbocycles. The predicted molar refractivity (Wildman–Crippen MR) is 76.1 cm³/mol. The van der Waals surface area contributed by atoms with E-state index in [1.165, 1.54) is 0 Å². The Labute approximate surface area is 112 Å². The zero-order valence-corrected chi connectivity index (χ0v) is 11.9. The van der Waals surface area contributed by atoms with Gasteiger partial charge < -0.3 is 10.0 Å². The van der Waals surface area contributed by atoms with Gasteiger partial charge in [-0.2, -0.15) is 0 Å². The average molecular weight is 296 g/mol. The molecule has 0 heterocycles. The summed E-state index contributed by atoms with van der Waals surface area (Å²) in [5, 5.41) is 9.56. The fourth-order valence-electron chi connectivity index (χ4n) is 1.73. The predicted octanol–water partition coefficient (Wildman–Crippen LogP) is 3.35. The van der Waals surface area contributed by atoms with Crippen LogP contribution in [-0.4, -0.2) is 18.2 Å². The van der Waals surface area contributed by atoms with Crippen LogP contribution in [0.4, 0.5) is 5.69 Å². The van der Waals surface area contributed by atoms with Crippen molar-refractivity contribution in [1.29, 1.82) is 0 Å². The standard InChI is InChI=1S/C14H18BrNO/c1-4-8-16(9-5-2)12-6-7-13(11(3)17)14(15)10-12/h1,6-7,10-11,17H,5,8-9H2,2-3H3/t11-/m1/s1. The van der Waals surface area contributed by atoms with Crippen LogP contribution in [0, 0.1) is 12.3 Å². The highest BCUT2D eigenvalue weighted by atomic mass is 79.9. The van der Waals surface area contributed by atoms with E-state index in [0.717, 1.165) is 28.7 Å². The number of aliphatic hydroxyl groups excluding tert-OH is 1. The van der Waals surface area contributed by atoms with Gasteiger partial charge in [-0.25, -0.2) is 0 Å². The molecule has 0 fully saturated rings. The summed E-state index contributed by atoms with van der Waals surface area (Å²) in [7, 11) is 0. The van der Waals surface area contributed by atoms with Gasteiger partial charge in [0.15, 0.2) is 0 Å². The Morgan fingerprint density at radius 1 is 1.53 bits per heavy atom. The zero-order chi connectivity index (χ0) is 12.8. The fraction of sp³-hybridized carbons (Fsp3) is 0.429. The Bertz CT molecular complexity index is 409. The Morgan fingerprint density at radius 2 is 2.24 bits per heavy atom. The SMILES string of the molecule is C#CCN(CCC)c1ccc([C@@H](C)O)c(Br)c1. The van der Waals surface area contributed by atoms with Crippen LogP contribution >= 0.6 is 15.9 Å². The van der Waals surface area contributed by atoms with Gasteiger partial charge in [-0.15, -0.1) is 6.42 Å². The third kappa shape index (κ3) is 3.76. The van der Waals surface area contributed by atoms with Crippen molar-refractivity contribution in [3.8, 4) is 12.3 Å². The summed E-state index contributed by atoms with van der Waals surface area (Å²) < 4.78 is 0.920. The van der Waals surface area contributed by atoms with Gasteiger partial charge in [0.05, 0.1) is 12.6 Å². The van der Waals surface area contributed by atoms with E-state index in [4.69, 9.17) is 6.42 Å². The van der Waals surface area contributed by atoms with Crippen LogP contribution in [-0.2, 0) is 0 Å². The maximum atomic E-state index is 9.56. The van der Waals surface area contributed by atoms with Gasteiger partial charge in [0, 0.05) is 16.7 Å². The van der Waals surface area contributed by atoms with Crippen molar-refractivity contribution < 1.29 is 5.11 Å². The third-order valence-corrected chi connectivity index (χ3v) is 3.26. The summed E-state index contributed by atoms with van der Waals surface area (Å²) in [6.07, 6.45) is 5.96. The first-order valence-corrected chi connectivity index (χ1v) is 6.55. The first-order valence-electron chi connectivity index (χ1n) is 5.76. The molecule has 2 nitrogen and oxygen atoms in total. The number of rotatable bonds is 5. The Hall–Kier alpha value is -0.980. The summed E-state index contributed by atoms with van der Waals surface area (Å²) in [4.78, 5) is 2.15. The molecule has 0 aliphatic rings. The zero-order valence-electron chi connectivity index (χ0n) is 10.3. The van der Waals surface area contributed by atoms with Gasteiger partial charge in [0.1, 0.15) is 0 Å². The second-order valence-corrected chi connectivity index (χ2v) is 4.86. The first-order chi connectivity index (χ1) is 8.10. The third-order valence-electron chi connectivity index (χ3n) is 2.57. The minimum atomic E-state index is -0.467. The number of hydrogen-bond acceptors (Lipinski definition) is 2. The van der Waals surface area contributed by atoms with Crippen molar-refractivity contribution in [2.75, 3.05) is 18.0 Å². The smallest absolute Gasteiger partial charge is 0.0791 e. The van der Waals surface area contributed by atoms with Crippen LogP contribution in [0.2, 0.25) is 0 Å². The lowest BCUT2D eigenvalue weighted by molar-refractivity contribution is 0.198. The van der Waals surface area contributed by atoms with E-state index >= 15 is 0 Å². The molecule has 1 atom stereocenters. The van der Waals surface area contributed by atoms with Gasteiger partial charge in [-0.3, -0.25) is 0 Å². The van der Waals surface area contributed by atoms with Crippen LogP contribution in [0.15, 0.2) is 22.7 Å². The van der Waals surface area contributed by atoms with Crippen molar-refractivity contribution in [3.05, 3.63) is 28.2 Å². The van der Waals surface area contributed by atoms with Crippen molar-refractivity contribution in [3.63, 3.8) is 0 Å². The molecule has 0 amide bonds. The lowest BCUT2D eigenvalue weighted by Crippen LogP contribution is -2.24. The van der Waals surface area contributed by atoms with Gasteiger partial charge in [0.25, 0.3) is 0 Å². The van der Waals surface area contributed by atoms with E-state index in [2.05, 4.69) is 33.7 Å². The topological polar surface area (TPSA) is 23.5 Å². The molecule has 1 aromatic rings. The first kappa shape index (κ1) is 14.1. The lowest BCUT2D eigenvalue weighted by Gasteiger charge is -2.23. The molecule has 0 spiro atoms. The second kappa shape index (κ2) is 6.68. The number of terminal acetylenes is 1. The maximum Gasteiger partial charge on any atom is 0.0791 e. The summed E-state index contributed by atoms with van der Waals surface area (Å²) in [5.74, 6) is 2.67. The van der Waals surface area contributed by atoms with E-state index in [1.807, 2.05) is 18.2 Å². The number of benzene rings is 1. The molecule has 0 aromatic heterocycles. The number of halogens is 1. The van der Waals surface area contributed by atoms with Crippen molar-refractivity contribution >= 4 is 21.6 Å². The number of anilines is 1. The van der Waals surface area contributed by atoms with E-state index in [-0.39, 0.29) is 0 Å². The lowest BCUT2D eigenvalue weighted by atomic mass is 10.1. The Morgan fingerprint density at radius 3 is 2.71 bits per heavy atom. The van der Waals surface area contributed by atoms with E-state index in [1.54, 1.807) is 6.92 Å². The highest BCUT2D eigenvalue weighted by molar-refractivity contribution is 9.10. The molecule has 1 rings (SSSR count). The Balaban J connectivity index is 2.98. The van der Waals surface area contributed by atoms with Crippen LogP contribution in [0.5, 0.6) is 0 Å². The minimum Gasteiger partial charge on any atom is -0.389 e. The van der Waals surface area contributed by atoms with Crippen molar-refractivity contribution in [1.82, 2.24) is 0 Å². The second-order valence-electron chi connectivity index (χ2n) is 4.01. The Kier molecular flexibility index (Phi) is 5.54. The highest BCUT2D eigenvalue weighted by Crippen LogP contribution is 2.28. The molecule has 0 aliphatic carbocycles. The molecule has 3 heteroatoms. The van der Waals surface area contributed by atoms with Gasteiger partial charge in [0.2, 0.25) is 0 Å². The summed E-state index contributed by atoms with van der Waals surface area (Å²) >= 11 is 3.48. The molecule has 0 unspecified atom stereocenters. The molecular weight excluding hydrogens is 278 g/mol. The molecule has 0 radical (unpaired) electrons. The summed E-state index contributed by atoms with van der Waals surface area (Å²) in [6.45, 7) is 5.42. The van der Waals surface area contributed by atoms with E-state index in [9.17, 15) is 5.11 Å². The molecule has 92 valence electrons. The van der Waals surface area contributed by atoms with Crippen LogP contribution in [0.25, 0.3) is 0 Å². The van der Waals surface area contributed by atoms with Crippen LogP contribution in [0.3, 0.4) is 0 Å². The number of nitrogens with zero attached hydrogens (tertiary/aromatic N) is 1. The largest absolute Gasteiger partial charge is 0.389 e. The molecule has 0 aliphatic heterocycles. The molecule has 0 saturated heterocycles. The van der Waals surface area contributed by atoms with Crippen molar-refractivity contribution in [2.45, 2.75) is 26.4 Å². The quantitative estimate of drug-likeness (QED) is 0.842. The highest BCUT2D eigenvalue weighted by Gasteiger charge is 2.09. The van der Waals surface area contributed by atoms with Crippen LogP contribution in [0.1, 0.15) is 31.9 Å². The number of aliphatic hydroxyl groups is 1. The van der Waals surface area contributed by atoms with Crippen molar-refractivity contribution in [2.24, 2.45) is 0 Å². The normalized spacial score (nSPS) is 11.9. The van der Waals surface area contributed by atoms with E-state index in [0.29, 0.717) is 6.54 Å². The van der Waals surface area contributed by atoms with Gasteiger partial charge >= 0.3 is 0 Å². The molecule has 0 bridgehead atoms. The average Bonchev–Trinajstić information content (AvgIpc) is 2.28. The molecular formula is C14H18BrNO. The molecule has 1 N–H and O–H groups in total. The monoisotopic (exact) mass is 295 g/mol. The van der Waals surface area contributed by atoms with E-state index < -0.39 is 6.10 Å². The molecule has 17 heavy (non-hydrogen) atoms. The maximum absolute atomic E-state index is 9.56.